The summed E-state index contributed by atoms with van der Waals surface area (Å²) in [5.41, 5.74) is 20.8. The number of ketones is 2. The first kappa shape index (κ1) is 37.4. The predicted molar refractivity (Wildman–Crippen MR) is 184 cm³/mol. The van der Waals surface area contributed by atoms with Crippen LogP contribution in [0, 0.1) is 25.7 Å². The Morgan fingerprint density at radius 3 is 2.19 bits per heavy atom. The third-order valence-electron chi connectivity index (χ3n) is 8.40. The number of rotatable bonds is 19. The van der Waals surface area contributed by atoms with Crippen LogP contribution in [0.5, 0.6) is 5.75 Å². The molecule has 0 spiro atoms. The van der Waals surface area contributed by atoms with Gasteiger partial charge in [-0.3, -0.25) is 24.2 Å². The number of aromatic amines is 1. The van der Waals surface area contributed by atoms with E-state index in [4.69, 9.17) is 17.2 Å². The number of aliphatic imine (C=N–C) groups is 1. The zero-order valence-corrected chi connectivity index (χ0v) is 27.9. The number of nitrogens with one attached hydrogen (secondary N) is 3. The van der Waals surface area contributed by atoms with Crippen molar-refractivity contribution in [1.29, 1.82) is 0 Å². The van der Waals surface area contributed by atoms with Crippen LogP contribution in [0.2, 0.25) is 0 Å². The van der Waals surface area contributed by atoms with Gasteiger partial charge in [0.2, 0.25) is 11.8 Å². The number of carbonyl (C=O) groups excluding carboxylic acids is 4. The van der Waals surface area contributed by atoms with Gasteiger partial charge in [0, 0.05) is 56.6 Å². The lowest BCUT2D eigenvalue weighted by atomic mass is 9.86. The predicted octanol–water partition coefficient (Wildman–Crippen LogP) is 1.52. The number of nitrogens with two attached hydrogens (primary N) is 3. The maximum absolute atomic E-state index is 14.1. The zero-order chi connectivity index (χ0) is 35.2. The maximum Gasteiger partial charge on any atom is 0.224 e. The van der Waals surface area contributed by atoms with Crippen LogP contribution < -0.4 is 27.8 Å². The molecule has 2 amide bonds. The van der Waals surface area contributed by atoms with Crippen LogP contribution in [0.4, 0.5) is 0 Å². The van der Waals surface area contributed by atoms with Crippen molar-refractivity contribution in [2.45, 2.75) is 70.9 Å². The molecule has 0 radical (unpaired) electrons. The van der Waals surface area contributed by atoms with Crippen LogP contribution in [-0.2, 0) is 38.4 Å². The summed E-state index contributed by atoms with van der Waals surface area (Å²) in [6.07, 6.45) is 4.19. The van der Waals surface area contributed by atoms with E-state index in [0.717, 1.165) is 22.3 Å². The number of aryl methyl sites for hydroxylation is 2. The second kappa shape index (κ2) is 18.3. The van der Waals surface area contributed by atoms with Gasteiger partial charge >= 0.3 is 0 Å². The van der Waals surface area contributed by atoms with E-state index in [1.165, 1.54) is 13.4 Å². The Morgan fingerprint density at radius 2 is 1.58 bits per heavy atom. The largest absolute Gasteiger partial charge is 0.508 e. The molecule has 0 aliphatic heterocycles. The Hall–Kier alpha value is -5.04. The highest BCUT2D eigenvalue weighted by Crippen LogP contribution is 2.26. The summed E-state index contributed by atoms with van der Waals surface area (Å²) in [5.74, 6) is -2.92. The van der Waals surface area contributed by atoms with Crippen molar-refractivity contribution in [2.75, 3.05) is 13.6 Å². The molecule has 258 valence electrons. The highest BCUT2D eigenvalue weighted by atomic mass is 16.3. The fraction of sp³-hybridized carbons (Fsp3) is 0.429. The number of amides is 2. The summed E-state index contributed by atoms with van der Waals surface area (Å²) in [5, 5.41) is 15.6. The Balaban J connectivity index is 1.87. The van der Waals surface area contributed by atoms with Crippen molar-refractivity contribution in [1.82, 2.24) is 20.6 Å². The molecule has 10 N–H and O–H groups in total. The smallest absolute Gasteiger partial charge is 0.224 e. The van der Waals surface area contributed by atoms with Gasteiger partial charge in [0.05, 0.1) is 18.4 Å². The first-order valence-electron chi connectivity index (χ1n) is 16.1. The Morgan fingerprint density at radius 1 is 0.938 bits per heavy atom. The van der Waals surface area contributed by atoms with Crippen molar-refractivity contribution in [3.8, 4) is 5.75 Å². The Kier molecular flexibility index (Phi) is 14.3. The number of aromatic nitrogens is 2. The number of imidazole rings is 1. The van der Waals surface area contributed by atoms with Gasteiger partial charge in [-0.15, -0.1) is 0 Å². The molecule has 2 aromatic carbocycles. The van der Waals surface area contributed by atoms with Crippen molar-refractivity contribution >= 4 is 29.3 Å². The first-order valence-corrected chi connectivity index (χ1v) is 16.1. The fourth-order valence-electron chi connectivity index (χ4n) is 5.77. The van der Waals surface area contributed by atoms with Gasteiger partial charge in [-0.25, -0.2) is 4.98 Å². The summed E-state index contributed by atoms with van der Waals surface area (Å²) in [4.78, 5) is 65.2. The fourth-order valence-corrected chi connectivity index (χ4v) is 5.77. The molecule has 1 heterocycles. The minimum atomic E-state index is -1.01. The molecule has 1 aromatic heterocycles. The third-order valence-corrected chi connectivity index (χ3v) is 8.40. The van der Waals surface area contributed by atoms with E-state index >= 15 is 0 Å². The Labute approximate surface area is 281 Å². The number of Topliss-reactive ketones (excluding diaryl/α,β-unsaturated/α-hetero) is 2. The van der Waals surface area contributed by atoms with Gasteiger partial charge in [0.15, 0.2) is 11.7 Å². The second-order valence-electron chi connectivity index (χ2n) is 12.2. The standard InChI is InChI=1S/C35H48N8O5/c1-21-12-27(44)13-22(2)28(21)15-25(16-31(45)29(36)10-7-11-41-35(37)38)34(48)43-30(18-26-19-40-20-42-26)32(46)17-24(33(47)39-3)14-23-8-5-4-6-9-23/h4-6,8-9,12-13,19-20,24-25,29-30,44H,7,10-11,14-18,36H2,1-3H3,(H,39,47)(H,40,42)(H,43,48)(H4,37,38,41)/t24-,25-,29-,30+/m1/s1. The average Bonchev–Trinajstić information content (AvgIpc) is 3.56. The number of nitrogens with zero attached hydrogens (tertiary/aromatic N) is 2. The molecular weight excluding hydrogens is 612 g/mol. The van der Waals surface area contributed by atoms with Crippen LogP contribution in [0.25, 0.3) is 0 Å². The molecule has 0 saturated heterocycles. The monoisotopic (exact) mass is 660 g/mol. The quantitative estimate of drug-likeness (QED) is 0.0560. The van der Waals surface area contributed by atoms with E-state index in [2.05, 4.69) is 25.6 Å². The number of carbonyl (C=O) groups is 4. The number of hydrogen-bond acceptors (Lipinski definition) is 8. The number of H-pyrrole nitrogens is 1. The number of hydrogen-bond donors (Lipinski definition) is 7. The van der Waals surface area contributed by atoms with Crippen LogP contribution in [0.1, 0.15) is 53.6 Å². The number of benzene rings is 2. The lowest BCUT2D eigenvalue weighted by molar-refractivity contribution is -0.134. The van der Waals surface area contributed by atoms with E-state index in [1.54, 1.807) is 18.3 Å². The lowest BCUT2D eigenvalue weighted by Crippen LogP contribution is -2.47. The summed E-state index contributed by atoms with van der Waals surface area (Å²) in [7, 11) is 1.52. The van der Waals surface area contributed by atoms with Crippen molar-refractivity contribution in [3.05, 3.63) is 82.9 Å². The number of phenols is 1. The SMILES string of the molecule is CNC(=O)[C@@H](CC(=O)[C@H](Cc1cnc[nH]1)NC(=O)[C@@H](CC(=O)[C@H](N)CCCN=C(N)N)Cc1c(C)cc(O)cc1C)Cc1ccccc1. The number of guanidine groups is 1. The molecule has 0 bridgehead atoms. The second-order valence-corrected chi connectivity index (χ2v) is 12.2. The normalized spacial score (nSPS) is 13.5. The van der Waals surface area contributed by atoms with Crippen LogP contribution in [0.15, 0.2) is 60.0 Å². The zero-order valence-electron chi connectivity index (χ0n) is 27.9. The van der Waals surface area contributed by atoms with E-state index in [0.29, 0.717) is 31.5 Å². The van der Waals surface area contributed by atoms with Gasteiger partial charge in [-0.1, -0.05) is 30.3 Å². The average molecular weight is 661 g/mol. The molecular formula is C35H48N8O5. The molecule has 3 aromatic rings. The van der Waals surface area contributed by atoms with Crippen molar-refractivity contribution in [3.63, 3.8) is 0 Å². The summed E-state index contributed by atoms with van der Waals surface area (Å²) >= 11 is 0. The summed E-state index contributed by atoms with van der Waals surface area (Å²) < 4.78 is 0. The van der Waals surface area contributed by atoms with E-state index in [1.807, 2.05) is 44.2 Å². The molecule has 13 heteroatoms. The summed E-state index contributed by atoms with van der Waals surface area (Å²) in [6.45, 7) is 3.97. The van der Waals surface area contributed by atoms with Gasteiger partial charge in [0.1, 0.15) is 11.5 Å². The van der Waals surface area contributed by atoms with Gasteiger partial charge < -0.3 is 37.9 Å². The van der Waals surface area contributed by atoms with E-state index in [9.17, 15) is 24.3 Å². The van der Waals surface area contributed by atoms with Gasteiger partial charge in [0.25, 0.3) is 0 Å². The van der Waals surface area contributed by atoms with Gasteiger partial charge in [-0.2, -0.15) is 0 Å². The summed E-state index contributed by atoms with van der Waals surface area (Å²) in [6, 6.07) is 10.8. The van der Waals surface area contributed by atoms with Crippen LogP contribution >= 0.6 is 0 Å². The van der Waals surface area contributed by atoms with Crippen molar-refractivity contribution < 1.29 is 24.3 Å². The molecule has 4 atom stereocenters. The minimum Gasteiger partial charge on any atom is -0.508 e. The van der Waals surface area contributed by atoms with E-state index < -0.39 is 29.8 Å². The van der Waals surface area contributed by atoms with Gasteiger partial charge in [-0.05, 0) is 73.9 Å². The molecule has 0 unspecified atom stereocenters. The molecule has 13 nitrogen and oxygen atoms in total. The molecule has 48 heavy (non-hydrogen) atoms. The third kappa shape index (κ3) is 11.6. The lowest BCUT2D eigenvalue weighted by Gasteiger charge is -2.25. The molecule has 0 saturated carbocycles. The van der Waals surface area contributed by atoms with Crippen molar-refractivity contribution in [2.24, 2.45) is 34.0 Å². The van der Waals surface area contributed by atoms with E-state index in [-0.39, 0.29) is 54.9 Å². The number of aromatic hydroxyl groups is 1. The molecule has 0 fully saturated rings. The highest BCUT2D eigenvalue weighted by Gasteiger charge is 2.32. The molecule has 0 aliphatic rings. The minimum absolute atomic E-state index is 0.0489. The molecule has 0 aliphatic carbocycles. The van der Waals surface area contributed by atoms with Crippen LogP contribution in [-0.4, -0.2) is 70.1 Å². The molecule has 3 rings (SSSR count). The highest BCUT2D eigenvalue weighted by molar-refractivity contribution is 5.95. The first-order chi connectivity index (χ1) is 22.9. The maximum atomic E-state index is 14.1. The Bertz CT molecular complexity index is 1530. The topological polar surface area (TPSA) is 232 Å². The van der Waals surface area contributed by atoms with Crippen LogP contribution in [0.3, 0.4) is 0 Å². The number of phenolic OH excluding ortho intramolecular Hbond substituents is 1.